The van der Waals surface area contributed by atoms with Crippen molar-refractivity contribution < 1.29 is 4.79 Å². The number of carbonyl (C=O) groups is 1. The van der Waals surface area contributed by atoms with Crippen LogP contribution in [0.3, 0.4) is 0 Å². The third-order valence-corrected chi connectivity index (χ3v) is 3.47. The first kappa shape index (κ1) is 15.3. The molecular formula is C18H22N2O. The fourth-order valence-corrected chi connectivity index (χ4v) is 2.30. The topological polar surface area (TPSA) is 41.1 Å². The summed E-state index contributed by atoms with van der Waals surface area (Å²) in [6.45, 7) is 5.78. The zero-order valence-corrected chi connectivity index (χ0v) is 12.6. The average molecular weight is 282 g/mol. The first-order chi connectivity index (χ1) is 10.3. The first-order valence-electron chi connectivity index (χ1n) is 7.44. The number of carbonyl (C=O) groups excluding carboxylic acids is 1. The van der Waals surface area contributed by atoms with Crippen molar-refractivity contribution in [3.05, 3.63) is 65.2 Å². The molecule has 2 aromatic rings. The Hall–Kier alpha value is -2.13. The van der Waals surface area contributed by atoms with E-state index in [4.69, 9.17) is 0 Å². The molecule has 0 atom stereocenters. The van der Waals surface area contributed by atoms with Crippen LogP contribution in [-0.4, -0.2) is 12.5 Å². The van der Waals surface area contributed by atoms with Crippen LogP contribution in [0.25, 0.3) is 0 Å². The molecule has 3 heteroatoms. The van der Waals surface area contributed by atoms with Crippen LogP contribution in [0, 0.1) is 0 Å². The zero-order chi connectivity index (χ0) is 15.1. The Balaban J connectivity index is 2.19. The molecule has 2 aromatic carbocycles. The lowest BCUT2D eigenvalue weighted by Gasteiger charge is -2.13. The number of hydrogen-bond donors (Lipinski definition) is 2. The second kappa shape index (κ2) is 7.60. The third-order valence-electron chi connectivity index (χ3n) is 3.47. The molecule has 2 N–H and O–H groups in total. The van der Waals surface area contributed by atoms with Crippen molar-refractivity contribution in [1.82, 2.24) is 5.32 Å². The van der Waals surface area contributed by atoms with Crippen LogP contribution in [0.4, 0.5) is 5.69 Å². The summed E-state index contributed by atoms with van der Waals surface area (Å²) in [6, 6.07) is 15.6. The van der Waals surface area contributed by atoms with Crippen LogP contribution in [0.2, 0.25) is 0 Å². The largest absolute Gasteiger partial charge is 0.322 e. The minimum atomic E-state index is -0.0450. The molecule has 0 saturated heterocycles. The summed E-state index contributed by atoms with van der Waals surface area (Å²) in [5.41, 5.74) is 3.79. The van der Waals surface area contributed by atoms with E-state index < -0.39 is 0 Å². The number of amides is 1. The SMILES string of the molecule is CCNCc1ccccc1NC(=O)c1ccccc1CC. The van der Waals surface area contributed by atoms with E-state index in [0.29, 0.717) is 0 Å². The van der Waals surface area contributed by atoms with Gasteiger partial charge in [0.1, 0.15) is 0 Å². The number of para-hydroxylation sites is 1. The number of aryl methyl sites for hydroxylation is 1. The predicted octanol–water partition coefficient (Wildman–Crippen LogP) is 3.61. The highest BCUT2D eigenvalue weighted by molar-refractivity contribution is 6.05. The molecule has 2 rings (SSSR count). The molecular weight excluding hydrogens is 260 g/mol. The summed E-state index contributed by atoms with van der Waals surface area (Å²) in [5.74, 6) is -0.0450. The fourth-order valence-electron chi connectivity index (χ4n) is 2.30. The standard InChI is InChI=1S/C18H22N2O/c1-3-14-9-5-7-11-16(14)18(21)20-17-12-8-6-10-15(17)13-19-4-2/h5-12,19H,3-4,13H2,1-2H3,(H,20,21). The van der Waals surface area contributed by atoms with Gasteiger partial charge in [-0.1, -0.05) is 50.2 Å². The Bertz CT molecular complexity index is 608. The fraction of sp³-hybridized carbons (Fsp3) is 0.278. The van der Waals surface area contributed by atoms with E-state index >= 15 is 0 Å². The summed E-state index contributed by atoms with van der Waals surface area (Å²) in [5, 5.41) is 6.32. The molecule has 0 bridgehead atoms. The van der Waals surface area contributed by atoms with Crippen molar-refractivity contribution in [2.75, 3.05) is 11.9 Å². The van der Waals surface area contributed by atoms with Crippen LogP contribution in [0.1, 0.15) is 35.3 Å². The summed E-state index contributed by atoms with van der Waals surface area (Å²) in [4.78, 5) is 12.5. The average Bonchev–Trinajstić information content (AvgIpc) is 2.54. The van der Waals surface area contributed by atoms with Crippen molar-refractivity contribution in [3.63, 3.8) is 0 Å². The maximum absolute atomic E-state index is 12.5. The number of nitrogens with one attached hydrogen (secondary N) is 2. The van der Waals surface area contributed by atoms with Gasteiger partial charge in [-0.3, -0.25) is 4.79 Å². The predicted molar refractivity (Wildman–Crippen MR) is 87.6 cm³/mol. The maximum Gasteiger partial charge on any atom is 0.255 e. The monoisotopic (exact) mass is 282 g/mol. The van der Waals surface area contributed by atoms with Crippen molar-refractivity contribution >= 4 is 11.6 Å². The highest BCUT2D eigenvalue weighted by atomic mass is 16.1. The molecule has 0 saturated carbocycles. The van der Waals surface area contributed by atoms with Crippen molar-refractivity contribution in [2.45, 2.75) is 26.8 Å². The van der Waals surface area contributed by atoms with Gasteiger partial charge in [0.15, 0.2) is 0 Å². The Morgan fingerprint density at radius 3 is 2.33 bits per heavy atom. The third kappa shape index (κ3) is 3.92. The second-order valence-corrected chi connectivity index (χ2v) is 4.90. The van der Waals surface area contributed by atoms with Crippen molar-refractivity contribution in [1.29, 1.82) is 0 Å². The van der Waals surface area contributed by atoms with Gasteiger partial charge in [-0.2, -0.15) is 0 Å². The first-order valence-corrected chi connectivity index (χ1v) is 7.44. The van der Waals surface area contributed by atoms with E-state index in [2.05, 4.69) is 24.5 Å². The molecule has 0 aromatic heterocycles. The second-order valence-electron chi connectivity index (χ2n) is 4.90. The van der Waals surface area contributed by atoms with Crippen molar-refractivity contribution in [2.24, 2.45) is 0 Å². The Morgan fingerprint density at radius 1 is 0.952 bits per heavy atom. The molecule has 0 unspecified atom stereocenters. The van der Waals surface area contributed by atoms with E-state index in [1.54, 1.807) is 0 Å². The number of rotatable bonds is 6. The Morgan fingerprint density at radius 2 is 1.62 bits per heavy atom. The van der Waals surface area contributed by atoms with Crippen LogP contribution in [0.5, 0.6) is 0 Å². The molecule has 110 valence electrons. The van der Waals surface area contributed by atoms with E-state index in [0.717, 1.165) is 41.9 Å². The number of anilines is 1. The lowest BCUT2D eigenvalue weighted by molar-refractivity contribution is 0.102. The summed E-state index contributed by atoms with van der Waals surface area (Å²) < 4.78 is 0. The lowest BCUT2D eigenvalue weighted by atomic mass is 10.0. The summed E-state index contributed by atoms with van der Waals surface area (Å²) in [6.07, 6.45) is 0.850. The Labute approximate surface area is 126 Å². The lowest BCUT2D eigenvalue weighted by Crippen LogP contribution is -2.18. The smallest absolute Gasteiger partial charge is 0.255 e. The van der Waals surface area contributed by atoms with Gasteiger partial charge in [-0.25, -0.2) is 0 Å². The van der Waals surface area contributed by atoms with Gasteiger partial charge in [-0.15, -0.1) is 0 Å². The van der Waals surface area contributed by atoms with Gasteiger partial charge in [0, 0.05) is 17.8 Å². The van der Waals surface area contributed by atoms with Gasteiger partial charge in [-0.05, 0) is 36.2 Å². The number of benzene rings is 2. The zero-order valence-electron chi connectivity index (χ0n) is 12.6. The quantitative estimate of drug-likeness (QED) is 0.849. The molecule has 0 spiro atoms. The van der Waals surface area contributed by atoms with Crippen LogP contribution in [-0.2, 0) is 13.0 Å². The number of hydrogen-bond acceptors (Lipinski definition) is 2. The van der Waals surface area contributed by atoms with Crippen molar-refractivity contribution in [3.8, 4) is 0 Å². The van der Waals surface area contributed by atoms with E-state index in [1.807, 2.05) is 48.5 Å². The molecule has 0 heterocycles. The molecule has 0 aliphatic rings. The highest BCUT2D eigenvalue weighted by Crippen LogP contribution is 2.17. The molecule has 21 heavy (non-hydrogen) atoms. The van der Waals surface area contributed by atoms with Gasteiger partial charge in [0.2, 0.25) is 0 Å². The molecule has 1 amide bonds. The minimum Gasteiger partial charge on any atom is -0.322 e. The van der Waals surface area contributed by atoms with E-state index in [9.17, 15) is 4.79 Å². The molecule has 0 fully saturated rings. The Kier molecular flexibility index (Phi) is 5.52. The van der Waals surface area contributed by atoms with Gasteiger partial charge < -0.3 is 10.6 Å². The van der Waals surface area contributed by atoms with Crippen LogP contribution >= 0.6 is 0 Å². The highest BCUT2D eigenvalue weighted by Gasteiger charge is 2.11. The van der Waals surface area contributed by atoms with Crippen LogP contribution < -0.4 is 10.6 Å². The molecule has 0 aliphatic heterocycles. The summed E-state index contributed by atoms with van der Waals surface area (Å²) >= 11 is 0. The van der Waals surface area contributed by atoms with Gasteiger partial charge >= 0.3 is 0 Å². The molecule has 0 aliphatic carbocycles. The maximum atomic E-state index is 12.5. The molecule has 3 nitrogen and oxygen atoms in total. The molecule has 0 radical (unpaired) electrons. The van der Waals surface area contributed by atoms with Crippen LogP contribution in [0.15, 0.2) is 48.5 Å². The van der Waals surface area contributed by atoms with E-state index in [1.165, 1.54) is 0 Å². The normalized spacial score (nSPS) is 10.4. The van der Waals surface area contributed by atoms with E-state index in [-0.39, 0.29) is 5.91 Å². The van der Waals surface area contributed by atoms with Gasteiger partial charge in [0.25, 0.3) is 5.91 Å². The minimum absolute atomic E-state index is 0.0450. The summed E-state index contributed by atoms with van der Waals surface area (Å²) in [7, 11) is 0. The van der Waals surface area contributed by atoms with Gasteiger partial charge in [0.05, 0.1) is 0 Å².